The van der Waals surface area contributed by atoms with Crippen molar-refractivity contribution >= 4 is 23.6 Å². The summed E-state index contributed by atoms with van der Waals surface area (Å²) in [6, 6.07) is 0.174. The van der Waals surface area contributed by atoms with Crippen molar-refractivity contribution in [1.29, 1.82) is 0 Å². The van der Waals surface area contributed by atoms with E-state index in [0.29, 0.717) is 18.1 Å². The SMILES string of the molecule is CCC(C)NC(=O)CCn1cc(C)nc1SCC(=O)O. The van der Waals surface area contributed by atoms with E-state index in [1.54, 1.807) is 0 Å². The minimum atomic E-state index is -0.878. The van der Waals surface area contributed by atoms with E-state index in [1.807, 2.05) is 31.5 Å². The van der Waals surface area contributed by atoms with Gasteiger partial charge in [-0.05, 0) is 20.3 Å². The summed E-state index contributed by atoms with van der Waals surface area (Å²) >= 11 is 1.17. The van der Waals surface area contributed by atoms with Crippen molar-refractivity contribution in [3.63, 3.8) is 0 Å². The molecule has 0 aromatic carbocycles. The molecule has 112 valence electrons. The van der Waals surface area contributed by atoms with Crippen molar-refractivity contribution in [1.82, 2.24) is 14.9 Å². The third-order valence-corrected chi connectivity index (χ3v) is 3.76. The second-order valence-electron chi connectivity index (χ2n) is 4.67. The standard InChI is InChI=1S/C13H21N3O3S/c1-4-9(2)14-11(17)5-6-16-7-10(3)15-13(16)20-8-12(18)19/h7,9H,4-6,8H2,1-3H3,(H,14,17)(H,18,19). The van der Waals surface area contributed by atoms with Gasteiger partial charge >= 0.3 is 5.97 Å². The third-order valence-electron chi connectivity index (χ3n) is 2.78. The van der Waals surface area contributed by atoms with Gasteiger partial charge in [0.25, 0.3) is 0 Å². The van der Waals surface area contributed by atoms with Gasteiger partial charge in [0.05, 0.1) is 11.4 Å². The molecular weight excluding hydrogens is 278 g/mol. The van der Waals surface area contributed by atoms with Gasteiger partial charge in [-0.2, -0.15) is 0 Å². The predicted octanol–water partition coefficient (Wildman–Crippen LogP) is 1.67. The second-order valence-corrected chi connectivity index (χ2v) is 5.61. The molecule has 0 aliphatic heterocycles. The molecule has 1 unspecified atom stereocenters. The van der Waals surface area contributed by atoms with Gasteiger partial charge in [0, 0.05) is 25.2 Å². The number of hydrogen-bond acceptors (Lipinski definition) is 4. The number of carboxylic acid groups (broad SMARTS) is 1. The van der Waals surface area contributed by atoms with E-state index in [0.717, 1.165) is 12.1 Å². The Morgan fingerprint density at radius 1 is 1.55 bits per heavy atom. The Balaban J connectivity index is 2.54. The minimum absolute atomic E-state index is 0.000104. The van der Waals surface area contributed by atoms with Crippen LogP contribution in [0.25, 0.3) is 0 Å². The number of rotatable bonds is 8. The number of nitrogens with zero attached hydrogens (tertiary/aromatic N) is 2. The maximum absolute atomic E-state index is 11.7. The molecule has 0 saturated carbocycles. The summed E-state index contributed by atoms with van der Waals surface area (Å²) in [6.45, 7) is 6.34. The molecule has 0 aliphatic rings. The average molecular weight is 299 g/mol. The van der Waals surface area contributed by atoms with Gasteiger partial charge in [-0.25, -0.2) is 4.98 Å². The normalized spacial score (nSPS) is 12.2. The molecule has 0 bridgehead atoms. The molecule has 7 heteroatoms. The van der Waals surface area contributed by atoms with E-state index in [9.17, 15) is 9.59 Å². The van der Waals surface area contributed by atoms with E-state index in [2.05, 4.69) is 10.3 Å². The number of imidazole rings is 1. The molecule has 0 aliphatic carbocycles. The highest BCUT2D eigenvalue weighted by atomic mass is 32.2. The zero-order valence-corrected chi connectivity index (χ0v) is 12.9. The molecule has 0 fully saturated rings. The number of hydrogen-bond donors (Lipinski definition) is 2. The highest BCUT2D eigenvalue weighted by molar-refractivity contribution is 7.99. The van der Waals surface area contributed by atoms with Crippen molar-refractivity contribution < 1.29 is 14.7 Å². The van der Waals surface area contributed by atoms with Crippen LogP contribution >= 0.6 is 11.8 Å². The molecule has 1 aromatic heterocycles. The van der Waals surface area contributed by atoms with Crippen LogP contribution in [0.5, 0.6) is 0 Å². The van der Waals surface area contributed by atoms with E-state index >= 15 is 0 Å². The topological polar surface area (TPSA) is 84.2 Å². The van der Waals surface area contributed by atoms with Gasteiger partial charge in [0.15, 0.2) is 5.16 Å². The van der Waals surface area contributed by atoms with Crippen LogP contribution in [-0.2, 0) is 16.1 Å². The number of carbonyl (C=O) groups is 2. The fourth-order valence-corrected chi connectivity index (χ4v) is 2.37. The molecular formula is C13H21N3O3S. The van der Waals surface area contributed by atoms with Crippen LogP contribution in [0.1, 0.15) is 32.4 Å². The molecule has 20 heavy (non-hydrogen) atoms. The number of amides is 1. The molecule has 1 atom stereocenters. The molecule has 1 heterocycles. The Hall–Kier alpha value is -1.50. The maximum atomic E-state index is 11.7. The van der Waals surface area contributed by atoms with Crippen LogP contribution in [0.3, 0.4) is 0 Å². The lowest BCUT2D eigenvalue weighted by molar-refractivity contribution is -0.134. The first-order valence-corrected chi connectivity index (χ1v) is 7.58. The smallest absolute Gasteiger partial charge is 0.313 e. The number of aliphatic carboxylic acids is 1. The van der Waals surface area contributed by atoms with E-state index in [4.69, 9.17) is 5.11 Å². The van der Waals surface area contributed by atoms with Gasteiger partial charge in [0.2, 0.25) is 5.91 Å². The van der Waals surface area contributed by atoms with Crippen LogP contribution in [-0.4, -0.2) is 38.3 Å². The fraction of sp³-hybridized carbons (Fsp3) is 0.615. The zero-order chi connectivity index (χ0) is 15.1. The third kappa shape index (κ3) is 5.64. The number of thioether (sulfide) groups is 1. The van der Waals surface area contributed by atoms with Crippen molar-refractivity contribution in [3.05, 3.63) is 11.9 Å². The summed E-state index contributed by atoms with van der Waals surface area (Å²) in [5.74, 6) is -0.910. The zero-order valence-electron chi connectivity index (χ0n) is 12.0. The minimum Gasteiger partial charge on any atom is -0.481 e. The first-order chi connectivity index (χ1) is 9.42. The number of aromatic nitrogens is 2. The van der Waals surface area contributed by atoms with Gasteiger partial charge in [-0.3, -0.25) is 9.59 Å². The van der Waals surface area contributed by atoms with Crippen LogP contribution in [0, 0.1) is 6.92 Å². The fourth-order valence-electron chi connectivity index (χ4n) is 1.60. The average Bonchev–Trinajstić information content (AvgIpc) is 2.74. The second kappa shape index (κ2) is 7.94. The lowest BCUT2D eigenvalue weighted by Gasteiger charge is -2.12. The van der Waals surface area contributed by atoms with Crippen LogP contribution < -0.4 is 5.32 Å². The summed E-state index contributed by atoms with van der Waals surface area (Å²) in [6.07, 6.45) is 3.09. The number of nitrogens with one attached hydrogen (secondary N) is 1. The molecule has 0 radical (unpaired) electrons. The van der Waals surface area contributed by atoms with Gasteiger partial charge in [0.1, 0.15) is 0 Å². The Bertz CT molecular complexity index is 473. The number of aryl methyl sites for hydroxylation is 2. The Morgan fingerprint density at radius 2 is 2.25 bits per heavy atom. The molecule has 0 spiro atoms. The highest BCUT2D eigenvalue weighted by Crippen LogP contribution is 2.17. The van der Waals surface area contributed by atoms with Crippen molar-refractivity contribution in [2.24, 2.45) is 0 Å². The number of carbonyl (C=O) groups excluding carboxylic acids is 1. The first-order valence-electron chi connectivity index (χ1n) is 6.60. The monoisotopic (exact) mass is 299 g/mol. The van der Waals surface area contributed by atoms with Crippen molar-refractivity contribution in [2.75, 3.05) is 5.75 Å². The Kier molecular flexibility index (Phi) is 6.57. The van der Waals surface area contributed by atoms with Crippen LogP contribution in [0.15, 0.2) is 11.4 Å². The maximum Gasteiger partial charge on any atom is 0.313 e. The van der Waals surface area contributed by atoms with Crippen LogP contribution in [0.4, 0.5) is 0 Å². The first kappa shape index (κ1) is 16.6. The van der Waals surface area contributed by atoms with Crippen molar-refractivity contribution in [2.45, 2.75) is 51.4 Å². The van der Waals surface area contributed by atoms with Gasteiger partial charge < -0.3 is 15.0 Å². The van der Waals surface area contributed by atoms with Gasteiger partial charge in [-0.1, -0.05) is 18.7 Å². The van der Waals surface area contributed by atoms with E-state index in [-0.39, 0.29) is 17.7 Å². The van der Waals surface area contributed by atoms with Crippen LogP contribution in [0.2, 0.25) is 0 Å². The molecule has 1 aromatic rings. The number of carboxylic acids is 1. The summed E-state index contributed by atoms with van der Waals surface area (Å²) in [7, 11) is 0. The lowest BCUT2D eigenvalue weighted by atomic mass is 10.2. The molecule has 1 amide bonds. The van der Waals surface area contributed by atoms with Crippen molar-refractivity contribution in [3.8, 4) is 0 Å². The predicted molar refractivity (Wildman–Crippen MR) is 77.8 cm³/mol. The quantitative estimate of drug-likeness (QED) is 0.713. The molecule has 0 saturated heterocycles. The molecule has 2 N–H and O–H groups in total. The highest BCUT2D eigenvalue weighted by Gasteiger charge is 2.11. The largest absolute Gasteiger partial charge is 0.481 e. The summed E-state index contributed by atoms with van der Waals surface area (Å²) < 4.78 is 1.83. The summed E-state index contributed by atoms with van der Waals surface area (Å²) in [4.78, 5) is 26.6. The Labute approximate surface area is 123 Å². The summed E-state index contributed by atoms with van der Waals surface area (Å²) in [5, 5.41) is 12.2. The van der Waals surface area contributed by atoms with E-state index < -0.39 is 5.97 Å². The summed E-state index contributed by atoms with van der Waals surface area (Å²) in [5.41, 5.74) is 0.820. The lowest BCUT2D eigenvalue weighted by Crippen LogP contribution is -2.32. The van der Waals surface area contributed by atoms with Gasteiger partial charge in [-0.15, -0.1) is 0 Å². The molecule has 6 nitrogen and oxygen atoms in total. The Morgan fingerprint density at radius 3 is 2.85 bits per heavy atom. The van der Waals surface area contributed by atoms with E-state index in [1.165, 1.54) is 11.8 Å². The molecule has 1 rings (SSSR count).